The largest absolute Gasteiger partial charge is 0.354 e. The number of anilines is 1. The van der Waals surface area contributed by atoms with E-state index in [0.29, 0.717) is 6.54 Å². The van der Waals surface area contributed by atoms with Crippen LogP contribution in [0.1, 0.15) is 6.42 Å². The van der Waals surface area contributed by atoms with E-state index >= 15 is 0 Å². The zero-order chi connectivity index (χ0) is 15.9. The van der Waals surface area contributed by atoms with Gasteiger partial charge in [-0.3, -0.25) is 0 Å². The molecule has 2 aromatic heterocycles. The Balaban J connectivity index is 1.82. The van der Waals surface area contributed by atoms with Crippen molar-refractivity contribution in [2.45, 2.75) is 12.5 Å². The van der Waals surface area contributed by atoms with E-state index in [2.05, 4.69) is 19.9 Å². The van der Waals surface area contributed by atoms with E-state index in [1.807, 2.05) is 12.3 Å². The lowest BCUT2D eigenvalue weighted by Crippen LogP contribution is -2.44. The number of aromatic nitrogens is 3. The first-order valence-electron chi connectivity index (χ1n) is 7.10. The number of nitrogens with zero attached hydrogens (tertiary/aromatic N) is 5. The van der Waals surface area contributed by atoms with Crippen LogP contribution in [0.3, 0.4) is 0 Å². The molecular formula is C13H20N6O2S. The van der Waals surface area contributed by atoms with Crippen molar-refractivity contribution in [2.75, 3.05) is 39.1 Å². The van der Waals surface area contributed by atoms with E-state index in [-0.39, 0.29) is 6.04 Å². The van der Waals surface area contributed by atoms with Gasteiger partial charge in [-0.25, -0.2) is 9.97 Å². The molecule has 8 nitrogen and oxygen atoms in total. The molecule has 0 spiro atoms. The van der Waals surface area contributed by atoms with Crippen LogP contribution < -0.4 is 4.90 Å². The van der Waals surface area contributed by atoms with Crippen LogP contribution in [0.4, 0.5) is 5.82 Å². The predicted octanol–water partition coefficient (Wildman–Crippen LogP) is 0.275. The summed E-state index contributed by atoms with van der Waals surface area (Å²) in [6.07, 6.45) is 4.14. The fourth-order valence-electron chi connectivity index (χ4n) is 2.79. The van der Waals surface area contributed by atoms with E-state index in [1.54, 1.807) is 21.1 Å². The van der Waals surface area contributed by atoms with Gasteiger partial charge in [-0.1, -0.05) is 0 Å². The Morgan fingerprint density at radius 2 is 2.09 bits per heavy atom. The third kappa shape index (κ3) is 2.44. The summed E-state index contributed by atoms with van der Waals surface area (Å²) < 4.78 is 27.2. The van der Waals surface area contributed by atoms with Crippen LogP contribution in [0.25, 0.3) is 11.0 Å². The van der Waals surface area contributed by atoms with Gasteiger partial charge in [0.25, 0.3) is 10.2 Å². The summed E-state index contributed by atoms with van der Waals surface area (Å²) in [6, 6.07) is 1.88. The summed E-state index contributed by atoms with van der Waals surface area (Å²) >= 11 is 0. The quantitative estimate of drug-likeness (QED) is 0.873. The highest BCUT2D eigenvalue weighted by Gasteiger charge is 2.34. The average Bonchev–Trinajstić information content (AvgIpc) is 3.14. The molecule has 1 saturated heterocycles. The van der Waals surface area contributed by atoms with Crippen molar-refractivity contribution in [3.8, 4) is 0 Å². The van der Waals surface area contributed by atoms with Crippen molar-refractivity contribution in [1.82, 2.24) is 23.6 Å². The number of H-pyrrole nitrogens is 1. The van der Waals surface area contributed by atoms with Crippen molar-refractivity contribution in [1.29, 1.82) is 0 Å². The van der Waals surface area contributed by atoms with Gasteiger partial charge < -0.3 is 9.88 Å². The van der Waals surface area contributed by atoms with Gasteiger partial charge in [0.2, 0.25) is 0 Å². The van der Waals surface area contributed by atoms with Gasteiger partial charge in [0.05, 0.1) is 5.39 Å². The number of hydrogen-bond donors (Lipinski definition) is 1. The summed E-state index contributed by atoms with van der Waals surface area (Å²) in [7, 11) is 1.33. The van der Waals surface area contributed by atoms with Gasteiger partial charge in [0.1, 0.15) is 17.8 Å². The van der Waals surface area contributed by atoms with Gasteiger partial charge >= 0.3 is 0 Å². The molecule has 1 N–H and O–H groups in total. The number of nitrogens with one attached hydrogen (secondary N) is 1. The Morgan fingerprint density at radius 1 is 1.32 bits per heavy atom. The van der Waals surface area contributed by atoms with Gasteiger partial charge in [-0.05, 0) is 12.5 Å². The molecular weight excluding hydrogens is 304 g/mol. The molecule has 1 aliphatic heterocycles. The Hall–Kier alpha value is -1.71. The van der Waals surface area contributed by atoms with E-state index in [1.165, 1.54) is 14.9 Å². The fourth-order valence-corrected chi connectivity index (χ4v) is 3.85. The first-order chi connectivity index (χ1) is 10.4. The molecule has 3 rings (SSSR count). The Morgan fingerprint density at radius 3 is 2.82 bits per heavy atom. The molecule has 1 aliphatic rings. The molecule has 22 heavy (non-hydrogen) atoms. The SMILES string of the molecule is CN(C)S(=O)(=O)N(C)[C@@H]1CCN(c2ncnc3[nH]ccc23)C1. The zero-order valence-electron chi connectivity index (χ0n) is 12.9. The van der Waals surface area contributed by atoms with Crippen LogP contribution in [-0.2, 0) is 10.2 Å². The van der Waals surface area contributed by atoms with Crippen LogP contribution >= 0.6 is 0 Å². The lowest BCUT2D eigenvalue weighted by molar-refractivity contribution is 0.359. The first-order valence-corrected chi connectivity index (χ1v) is 8.49. The Labute approximate surface area is 129 Å². The minimum absolute atomic E-state index is 0.0589. The maximum absolute atomic E-state index is 12.2. The molecule has 0 aliphatic carbocycles. The van der Waals surface area contributed by atoms with Gasteiger partial charge in [0.15, 0.2) is 0 Å². The van der Waals surface area contributed by atoms with E-state index in [0.717, 1.165) is 29.8 Å². The molecule has 9 heteroatoms. The molecule has 0 unspecified atom stereocenters. The number of fused-ring (bicyclic) bond motifs is 1. The summed E-state index contributed by atoms with van der Waals surface area (Å²) in [4.78, 5) is 13.7. The van der Waals surface area contributed by atoms with Crippen LogP contribution in [0.5, 0.6) is 0 Å². The van der Waals surface area contributed by atoms with E-state index in [4.69, 9.17) is 0 Å². The summed E-state index contributed by atoms with van der Waals surface area (Å²) in [5, 5.41) is 0.960. The van der Waals surface area contributed by atoms with Crippen molar-refractivity contribution >= 4 is 27.1 Å². The van der Waals surface area contributed by atoms with E-state index in [9.17, 15) is 8.42 Å². The Kier molecular flexibility index (Phi) is 3.79. The number of likely N-dealkylation sites (N-methyl/N-ethyl adjacent to an activating group) is 1. The third-order valence-corrected chi connectivity index (χ3v) is 6.08. The number of hydrogen-bond acceptors (Lipinski definition) is 5. The third-order valence-electron chi connectivity index (χ3n) is 4.14. The first kappa shape index (κ1) is 15.2. The second kappa shape index (κ2) is 5.49. The second-order valence-corrected chi connectivity index (χ2v) is 7.83. The lowest BCUT2D eigenvalue weighted by Gasteiger charge is -2.27. The maximum atomic E-state index is 12.2. The van der Waals surface area contributed by atoms with Crippen molar-refractivity contribution in [3.05, 3.63) is 18.6 Å². The molecule has 1 fully saturated rings. The standard InChI is InChI=1S/C13H20N6O2S/c1-17(2)22(20,21)18(3)10-5-7-19(8-10)13-11-4-6-14-12(11)15-9-16-13/h4,6,9-10H,5,7-8H2,1-3H3,(H,14,15,16)/t10-/m1/s1. The van der Waals surface area contributed by atoms with Crippen LogP contribution in [-0.4, -0.2) is 72.3 Å². The van der Waals surface area contributed by atoms with E-state index < -0.39 is 10.2 Å². The minimum atomic E-state index is -3.40. The summed E-state index contributed by atoms with van der Waals surface area (Å²) in [6.45, 7) is 1.40. The molecule has 0 radical (unpaired) electrons. The van der Waals surface area contributed by atoms with Crippen molar-refractivity contribution in [3.63, 3.8) is 0 Å². The van der Waals surface area contributed by atoms with Crippen molar-refractivity contribution in [2.24, 2.45) is 0 Å². The van der Waals surface area contributed by atoms with Gasteiger partial charge in [0, 0.05) is 46.5 Å². The molecule has 3 heterocycles. The highest BCUT2D eigenvalue weighted by Crippen LogP contribution is 2.27. The highest BCUT2D eigenvalue weighted by molar-refractivity contribution is 7.86. The van der Waals surface area contributed by atoms with Crippen molar-refractivity contribution < 1.29 is 8.42 Å². The molecule has 0 aromatic carbocycles. The molecule has 120 valence electrons. The summed E-state index contributed by atoms with van der Waals surface area (Å²) in [5.41, 5.74) is 0.794. The number of aromatic amines is 1. The minimum Gasteiger partial charge on any atom is -0.354 e. The smallest absolute Gasteiger partial charge is 0.281 e. The number of rotatable bonds is 4. The molecule has 1 atom stereocenters. The topological polar surface area (TPSA) is 85.4 Å². The highest BCUT2D eigenvalue weighted by atomic mass is 32.2. The molecule has 0 bridgehead atoms. The molecule has 0 amide bonds. The van der Waals surface area contributed by atoms with Crippen LogP contribution in [0, 0.1) is 0 Å². The van der Waals surface area contributed by atoms with Crippen LogP contribution in [0.15, 0.2) is 18.6 Å². The normalized spacial score (nSPS) is 19.7. The molecule has 2 aromatic rings. The van der Waals surface area contributed by atoms with Gasteiger partial charge in [-0.2, -0.15) is 17.0 Å². The van der Waals surface area contributed by atoms with Gasteiger partial charge in [-0.15, -0.1) is 0 Å². The second-order valence-electron chi connectivity index (χ2n) is 5.63. The monoisotopic (exact) mass is 324 g/mol. The zero-order valence-corrected chi connectivity index (χ0v) is 13.7. The van der Waals surface area contributed by atoms with Crippen LogP contribution in [0.2, 0.25) is 0 Å². The molecule has 0 saturated carbocycles. The Bertz CT molecular complexity index is 772. The predicted molar refractivity (Wildman–Crippen MR) is 84.9 cm³/mol. The lowest BCUT2D eigenvalue weighted by atomic mass is 10.3. The fraction of sp³-hybridized carbons (Fsp3) is 0.538. The maximum Gasteiger partial charge on any atom is 0.281 e. The summed E-state index contributed by atoms with van der Waals surface area (Å²) in [5.74, 6) is 0.851. The average molecular weight is 324 g/mol.